The molecule has 0 saturated heterocycles. The van der Waals surface area contributed by atoms with Gasteiger partial charge in [-0.25, -0.2) is 15.0 Å². The van der Waals surface area contributed by atoms with Crippen LogP contribution in [0.3, 0.4) is 0 Å². The molecular formula is C11H7ClN4O. The molecule has 0 bridgehead atoms. The summed E-state index contributed by atoms with van der Waals surface area (Å²) in [5, 5.41) is 9.10. The second-order valence-electron chi connectivity index (χ2n) is 3.10. The number of ether oxygens (including phenoxy) is 1. The second kappa shape index (κ2) is 4.76. The molecule has 0 aromatic carbocycles. The summed E-state index contributed by atoms with van der Waals surface area (Å²) >= 11 is 5.69. The van der Waals surface area contributed by atoms with Gasteiger partial charge in [0.1, 0.15) is 11.6 Å². The number of aromatic nitrogens is 3. The number of methoxy groups -OCH3 is 1. The Hall–Kier alpha value is -2.19. The molecule has 5 nitrogen and oxygen atoms in total. The first-order valence-corrected chi connectivity index (χ1v) is 5.05. The summed E-state index contributed by atoms with van der Waals surface area (Å²) in [6, 6.07) is 5.34. The Bertz CT molecular complexity index is 594. The summed E-state index contributed by atoms with van der Waals surface area (Å²) in [6.07, 6.45) is 3.11. The first kappa shape index (κ1) is 11.3. The van der Waals surface area contributed by atoms with Crippen LogP contribution in [0.2, 0.25) is 5.28 Å². The maximum atomic E-state index is 8.95. The van der Waals surface area contributed by atoms with Crippen molar-refractivity contribution in [3.8, 4) is 23.2 Å². The fourth-order valence-corrected chi connectivity index (χ4v) is 1.48. The molecule has 0 fully saturated rings. The zero-order chi connectivity index (χ0) is 12.3. The van der Waals surface area contributed by atoms with E-state index in [0.29, 0.717) is 16.8 Å². The van der Waals surface area contributed by atoms with Gasteiger partial charge in [-0.2, -0.15) is 5.26 Å². The quantitative estimate of drug-likeness (QED) is 0.759. The Balaban J connectivity index is 2.51. The summed E-state index contributed by atoms with van der Waals surface area (Å²) in [7, 11) is 1.46. The lowest BCUT2D eigenvalue weighted by Crippen LogP contribution is -1.94. The summed E-state index contributed by atoms with van der Waals surface area (Å²) in [5.74, 6) is 0.288. The maximum Gasteiger partial charge on any atom is 0.231 e. The van der Waals surface area contributed by atoms with Crippen molar-refractivity contribution in [1.29, 1.82) is 5.26 Å². The van der Waals surface area contributed by atoms with Crippen molar-refractivity contribution in [1.82, 2.24) is 15.0 Å². The molecule has 2 heterocycles. The Morgan fingerprint density at radius 1 is 1.41 bits per heavy atom. The van der Waals surface area contributed by atoms with Gasteiger partial charge in [0, 0.05) is 18.0 Å². The zero-order valence-corrected chi connectivity index (χ0v) is 9.64. The highest BCUT2D eigenvalue weighted by molar-refractivity contribution is 6.28. The number of nitriles is 1. The topological polar surface area (TPSA) is 71.7 Å². The average Bonchev–Trinajstić information content (AvgIpc) is 2.38. The third-order valence-corrected chi connectivity index (χ3v) is 2.27. The molecule has 0 saturated carbocycles. The van der Waals surface area contributed by atoms with Crippen LogP contribution in [-0.2, 0) is 0 Å². The lowest BCUT2D eigenvalue weighted by atomic mass is 10.1. The molecule has 0 aliphatic heterocycles. The van der Waals surface area contributed by atoms with E-state index in [1.165, 1.54) is 7.11 Å². The van der Waals surface area contributed by atoms with Crippen molar-refractivity contribution in [2.75, 3.05) is 7.11 Å². The van der Waals surface area contributed by atoms with Crippen molar-refractivity contribution in [3.05, 3.63) is 35.4 Å². The van der Waals surface area contributed by atoms with Gasteiger partial charge in [-0.15, -0.1) is 0 Å². The lowest BCUT2D eigenvalue weighted by Gasteiger charge is -2.04. The third-order valence-electron chi connectivity index (χ3n) is 2.09. The smallest absolute Gasteiger partial charge is 0.231 e. The van der Waals surface area contributed by atoms with Gasteiger partial charge in [-0.3, -0.25) is 0 Å². The summed E-state index contributed by atoms with van der Waals surface area (Å²) in [4.78, 5) is 11.9. The molecule has 0 amide bonds. The number of rotatable bonds is 2. The van der Waals surface area contributed by atoms with E-state index in [-0.39, 0.29) is 11.2 Å². The highest BCUT2D eigenvalue weighted by Crippen LogP contribution is 2.22. The molecule has 84 valence electrons. The zero-order valence-electron chi connectivity index (χ0n) is 8.88. The standard InChI is InChI=1S/C11H7ClN4O/c1-17-10-7(5-13)4-8(6-15-10)9-2-3-14-11(12)16-9/h2-4,6H,1H3. The van der Waals surface area contributed by atoms with Crippen LogP contribution in [0.1, 0.15) is 5.56 Å². The summed E-state index contributed by atoms with van der Waals surface area (Å²) in [5.41, 5.74) is 1.64. The fraction of sp³-hybridized carbons (Fsp3) is 0.0909. The maximum absolute atomic E-state index is 8.95. The van der Waals surface area contributed by atoms with Gasteiger partial charge < -0.3 is 4.74 Å². The molecule has 0 unspecified atom stereocenters. The lowest BCUT2D eigenvalue weighted by molar-refractivity contribution is 0.396. The molecule has 6 heteroatoms. The van der Waals surface area contributed by atoms with Gasteiger partial charge in [0.05, 0.1) is 12.8 Å². The van der Waals surface area contributed by atoms with E-state index in [9.17, 15) is 0 Å². The second-order valence-corrected chi connectivity index (χ2v) is 3.44. The van der Waals surface area contributed by atoms with Crippen LogP contribution in [0, 0.1) is 11.3 Å². The molecule has 0 N–H and O–H groups in total. The van der Waals surface area contributed by atoms with Crippen LogP contribution in [-0.4, -0.2) is 22.1 Å². The van der Waals surface area contributed by atoms with Gasteiger partial charge >= 0.3 is 0 Å². The van der Waals surface area contributed by atoms with Crippen LogP contribution >= 0.6 is 11.6 Å². The Labute approximate surface area is 103 Å². The van der Waals surface area contributed by atoms with Gasteiger partial charge in [-0.05, 0) is 23.7 Å². The van der Waals surface area contributed by atoms with E-state index in [2.05, 4.69) is 15.0 Å². The van der Waals surface area contributed by atoms with Crippen LogP contribution in [0.4, 0.5) is 0 Å². The highest BCUT2D eigenvalue weighted by atomic mass is 35.5. The van der Waals surface area contributed by atoms with Gasteiger partial charge in [0.25, 0.3) is 0 Å². The van der Waals surface area contributed by atoms with Crippen molar-refractivity contribution < 1.29 is 4.74 Å². The minimum Gasteiger partial charge on any atom is -0.480 e. The molecule has 2 rings (SSSR count). The summed E-state index contributed by atoms with van der Waals surface area (Å²) < 4.78 is 4.96. The molecule has 0 atom stereocenters. The third kappa shape index (κ3) is 2.32. The minimum absolute atomic E-state index is 0.150. The molecule has 0 aliphatic rings. The van der Waals surface area contributed by atoms with Crippen LogP contribution in [0.25, 0.3) is 11.3 Å². The minimum atomic E-state index is 0.150. The molecule has 2 aromatic heterocycles. The molecular weight excluding hydrogens is 240 g/mol. The van der Waals surface area contributed by atoms with E-state index in [0.717, 1.165) is 0 Å². The number of pyridine rings is 1. The van der Waals surface area contributed by atoms with Crippen molar-refractivity contribution in [3.63, 3.8) is 0 Å². The van der Waals surface area contributed by atoms with Crippen molar-refractivity contribution in [2.45, 2.75) is 0 Å². The normalized spacial score (nSPS) is 9.71. The Morgan fingerprint density at radius 2 is 2.24 bits per heavy atom. The van der Waals surface area contributed by atoms with E-state index in [4.69, 9.17) is 21.6 Å². The number of nitrogens with zero attached hydrogens (tertiary/aromatic N) is 4. The molecule has 17 heavy (non-hydrogen) atoms. The Kier molecular flexibility index (Phi) is 3.17. The van der Waals surface area contributed by atoms with Gasteiger partial charge in [-0.1, -0.05) is 0 Å². The first-order chi connectivity index (χ1) is 8.24. The molecule has 0 aliphatic carbocycles. The van der Waals surface area contributed by atoms with Gasteiger partial charge in [0.15, 0.2) is 0 Å². The molecule has 0 spiro atoms. The van der Waals surface area contributed by atoms with E-state index >= 15 is 0 Å². The summed E-state index contributed by atoms with van der Waals surface area (Å²) in [6.45, 7) is 0. The molecule has 0 radical (unpaired) electrons. The van der Waals surface area contributed by atoms with E-state index in [1.807, 2.05) is 6.07 Å². The highest BCUT2D eigenvalue weighted by Gasteiger charge is 2.08. The van der Waals surface area contributed by atoms with Crippen LogP contribution in [0.5, 0.6) is 5.88 Å². The van der Waals surface area contributed by atoms with E-state index < -0.39 is 0 Å². The number of hydrogen-bond donors (Lipinski definition) is 0. The average molecular weight is 247 g/mol. The monoisotopic (exact) mass is 246 g/mol. The largest absolute Gasteiger partial charge is 0.480 e. The fourth-order valence-electron chi connectivity index (χ4n) is 1.33. The SMILES string of the molecule is COc1ncc(-c2ccnc(Cl)n2)cc1C#N. The first-order valence-electron chi connectivity index (χ1n) is 4.67. The van der Waals surface area contributed by atoms with Gasteiger partial charge in [0.2, 0.25) is 11.2 Å². The van der Waals surface area contributed by atoms with Crippen LogP contribution < -0.4 is 4.74 Å². The molecule has 2 aromatic rings. The predicted molar refractivity (Wildman–Crippen MR) is 61.5 cm³/mol. The van der Waals surface area contributed by atoms with Crippen molar-refractivity contribution >= 4 is 11.6 Å². The van der Waals surface area contributed by atoms with Crippen molar-refractivity contribution in [2.24, 2.45) is 0 Å². The number of hydrogen-bond acceptors (Lipinski definition) is 5. The van der Waals surface area contributed by atoms with Crippen LogP contribution in [0.15, 0.2) is 24.5 Å². The van der Waals surface area contributed by atoms with E-state index in [1.54, 1.807) is 24.5 Å². The predicted octanol–water partition coefficient (Wildman–Crippen LogP) is 2.07. The Morgan fingerprint density at radius 3 is 2.88 bits per heavy atom. The number of halogens is 1.